The molecular formula is C26H28N2O6S2. The molecule has 0 aliphatic carbocycles. The minimum atomic E-state index is -4.27. The second-order valence-electron chi connectivity index (χ2n) is 8.94. The molecule has 0 spiro atoms. The van der Waals surface area contributed by atoms with Gasteiger partial charge < -0.3 is 10.4 Å². The number of aryl methyl sites for hydroxylation is 1. The van der Waals surface area contributed by atoms with E-state index >= 15 is 0 Å². The quantitative estimate of drug-likeness (QED) is 0.438. The monoisotopic (exact) mass is 528 g/mol. The van der Waals surface area contributed by atoms with Crippen LogP contribution in [0.4, 0.5) is 0 Å². The molecule has 36 heavy (non-hydrogen) atoms. The molecule has 2 N–H and O–H groups in total. The third-order valence-electron chi connectivity index (χ3n) is 6.31. The van der Waals surface area contributed by atoms with Gasteiger partial charge in [-0.15, -0.1) is 0 Å². The largest absolute Gasteiger partial charge is 0.478 e. The van der Waals surface area contributed by atoms with Crippen molar-refractivity contribution in [1.29, 1.82) is 0 Å². The summed E-state index contributed by atoms with van der Waals surface area (Å²) < 4.78 is 54.8. The molecule has 3 aromatic carbocycles. The highest BCUT2D eigenvalue weighted by molar-refractivity contribution is 7.92. The van der Waals surface area contributed by atoms with Crippen molar-refractivity contribution in [2.75, 3.05) is 11.5 Å². The van der Waals surface area contributed by atoms with Gasteiger partial charge in [-0.05, 0) is 35.7 Å². The zero-order chi connectivity index (χ0) is 25.9. The third kappa shape index (κ3) is 5.84. The summed E-state index contributed by atoms with van der Waals surface area (Å²) in [6.45, 7) is 1.92. The van der Waals surface area contributed by atoms with Crippen LogP contribution in [-0.2, 0) is 33.0 Å². The first-order valence-corrected chi connectivity index (χ1v) is 14.7. The predicted molar refractivity (Wildman–Crippen MR) is 137 cm³/mol. The summed E-state index contributed by atoms with van der Waals surface area (Å²) in [6.07, 6.45) is 0. The van der Waals surface area contributed by atoms with Crippen molar-refractivity contribution >= 4 is 25.8 Å². The van der Waals surface area contributed by atoms with Crippen molar-refractivity contribution in [3.63, 3.8) is 0 Å². The van der Waals surface area contributed by atoms with Gasteiger partial charge in [0.25, 0.3) is 0 Å². The van der Waals surface area contributed by atoms with Gasteiger partial charge in [-0.3, -0.25) is 0 Å². The molecule has 1 fully saturated rings. The van der Waals surface area contributed by atoms with Crippen LogP contribution in [0.1, 0.15) is 27.0 Å². The van der Waals surface area contributed by atoms with Crippen LogP contribution in [0.25, 0.3) is 0 Å². The minimum Gasteiger partial charge on any atom is -0.478 e. The number of hydrogen-bond donors (Lipinski definition) is 2. The first-order valence-electron chi connectivity index (χ1n) is 11.4. The molecule has 0 aromatic heterocycles. The molecule has 8 nitrogen and oxygen atoms in total. The Kier molecular flexibility index (Phi) is 7.60. The van der Waals surface area contributed by atoms with Crippen molar-refractivity contribution < 1.29 is 26.7 Å². The van der Waals surface area contributed by atoms with Crippen molar-refractivity contribution in [3.05, 3.63) is 101 Å². The lowest BCUT2D eigenvalue weighted by Gasteiger charge is -2.32. The fourth-order valence-electron chi connectivity index (χ4n) is 4.43. The molecule has 2 atom stereocenters. The molecular weight excluding hydrogens is 500 g/mol. The SMILES string of the molecule is Cc1ccc(C(=O)O)cc1S(=O)(=O)N(Cc1ccccc1)[C@H]1CS(=O)(=O)C[C@@H]1NCc1ccccc1. The first-order chi connectivity index (χ1) is 17.1. The number of rotatable bonds is 9. The van der Waals surface area contributed by atoms with E-state index in [1.54, 1.807) is 31.2 Å². The van der Waals surface area contributed by atoms with Crippen LogP contribution in [0.3, 0.4) is 0 Å². The molecule has 3 aromatic rings. The molecule has 1 aliphatic rings. The summed E-state index contributed by atoms with van der Waals surface area (Å²) in [6, 6.07) is 20.8. The van der Waals surface area contributed by atoms with Crippen molar-refractivity contribution in [2.24, 2.45) is 0 Å². The highest BCUT2D eigenvalue weighted by atomic mass is 32.2. The normalized spacial score (nSPS) is 19.4. The van der Waals surface area contributed by atoms with E-state index < -0.39 is 37.9 Å². The third-order valence-corrected chi connectivity index (χ3v) is 10.0. The number of sulfone groups is 1. The number of carboxylic acid groups (broad SMARTS) is 1. The number of aromatic carboxylic acids is 1. The van der Waals surface area contributed by atoms with Crippen LogP contribution < -0.4 is 5.32 Å². The summed E-state index contributed by atoms with van der Waals surface area (Å²) in [7, 11) is -7.79. The van der Waals surface area contributed by atoms with E-state index in [2.05, 4.69) is 5.32 Å². The lowest BCUT2D eigenvalue weighted by Crippen LogP contribution is -2.51. The zero-order valence-electron chi connectivity index (χ0n) is 19.7. The van der Waals surface area contributed by atoms with Crippen molar-refractivity contribution in [2.45, 2.75) is 37.0 Å². The van der Waals surface area contributed by atoms with Gasteiger partial charge in [0.05, 0.1) is 28.0 Å². The van der Waals surface area contributed by atoms with Gasteiger partial charge in [-0.25, -0.2) is 21.6 Å². The number of carboxylic acids is 1. The molecule has 0 unspecified atom stereocenters. The highest BCUT2D eigenvalue weighted by Crippen LogP contribution is 2.30. The maximum atomic E-state index is 14.1. The van der Waals surface area contributed by atoms with E-state index in [1.807, 2.05) is 36.4 Å². The molecule has 1 aliphatic heterocycles. The molecule has 10 heteroatoms. The van der Waals surface area contributed by atoms with E-state index in [4.69, 9.17) is 0 Å². The van der Waals surface area contributed by atoms with E-state index in [1.165, 1.54) is 16.4 Å². The number of benzene rings is 3. The summed E-state index contributed by atoms with van der Waals surface area (Å²) in [5.41, 5.74) is 1.87. The average molecular weight is 529 g/mol. The van der Waals surface area contributed by atoms with E-state index in [0.717, 1.165) is 11.6 Å². The smallest absolute Gasteiger partial charge is 0.335 e. The van der Waals surface area contributed by atoms with Crippen LogP contribution in [-0.4, -0.2) is 55.8 Å². The number of nitrogens with zero attached hydrogens (tertiary/aromatic N) is 1. The van der Waals surface area contributed by atoms with Gasteiger partial charge in [-0.1, -0.05) is 66.7 Å². The fraction of sp³-hybridized carbons (Fsp3) is 0.269. The molecule has 4 rings (SSSR count). The van der Waals surface area contributed by atoms with Crippen molar-refractivity contribution in [1.82, 2.24) is 9.62 Å². The average Bonchev–Trinajstić information content (AvgIpc) is 3.16. The first kappa shape index (κ1) is 26.0. The highest BCUT2D eigenvalue weighted by Gasteiger charge is 2.45. The minimum absolute atomic E-state index is 0.0520. The summed E-state index contributed by atoms with van der Waals surface area (Å²) in [4.78, 5) is 11.4. The Morgan fingerprint density at radius 1 is 0.972 bits per heavy atom. The molecule has 190 valence electrons. The zero-order valence-corrected chi connectivity index (χ0v) is 21.4. The predicted octanol–water partition coefficient (Wildman–Crippen LogP) is 2.84. The number of nitrogens with one attached hydrogen (secondary N) is 1. The van der Waals surface area contributed by atoms with E-state index in [-0.39, 0.29) is 28.5 Å². The van der Waals surface area contributed by atoms with Gasteiger partial charge in [0.2, 0.25) is 10.0 Å². The number of hydrogen-bond acceptors (Lipinski definition) is 6. The Labute approximate surface area is 211 Å². The number of sulfonamides is 1. The summed E-state index contributed by atoms with van der Waals surface area (Å²) in [5, 5.41) is 12.7. The maximum absolute atomic E-state index is 14.1. The molecule has 0 radical (unpaired) electrons. The van der Waals surface area contributed by atoms with Crippen LogP contribution in [0.15, 0.2) is 83.8 Å². The van der Waals surface area contributed by atoms with Gasteiger partial charge >= 0.3 is 5.97 Å². The van der Waals surface area contributed by atoms with Gasteiger partial charge in [0.15, 0.2) is 9.84 Å². The van der Waals surface area contributed by atoms with Gasteiger partial charge in [0.1, 0.15) is 0 Å². The molecule has 0 saturated carbocycles. The maximum Gasteiger partial charge on any atom is 0.335 e. The summed E-state index contributed by atoms with van der Waals surface area (Å²) in [5.74, 6) is -1.77. The topological polar surface area (TPSA) is 121 Å². The van der Waals surface area contributed by atoms with Crippen LogP contribution in [0, 0.1) is 6.92 Å². The second kappa shape index (κ2) is 10.5. The standard InChI is InChI=1S/C26H28N2O6S2/c1-19-12-13-22(26(29)30)14-25(19)36(33,34)28(16-21-10-6-3-7-11-21)24-18-35(31,32)17-23(24)27-15-20-8-4-2-5-9-20/h2-14,23-24,27H,15-18H2,1H3,(H,29,30)/t23-,24-/m0/s1. The second-order valence-corrected chi connectivity index (χ2v) is 13.0. The van der Waals surface area contributed by atoms with Gasteiger partial charge in [0, 0.05) is 19.1 Å². The Bertz CT molecular complexity index is 1440. The Hall–Kier alpha value is -3.05. The van der Waals surface area contributed by atoms with Crippen LogP contribution >= 0.6 is 0 Å². The Morgan fingerprint density at radius 3 is 2.19 bits per heavy atom. The number of carbonyl (C=O) groups is 1. The van der Waals surface area contributed by atoms with Crippen LogP contribution in [0.5, 0.6) is 0 Å². The van der Waals surface area contributed by atoms with E-state index in [9.17, 15) is 26.7 Å². The fourth-order valence-corrected chi connectivity index (χ4v) is 8.38. The molecule has 1 heterocycles. The lowest BCUT2D eigenvalue weighted by molar-refractivity contribution is 0.0696. The molecule has 0 amide bonds. The summed E-state index contributed by atoms with van der Waals surface area (Å²) >= 11 is 0. The Balaban J connectivity index is 1.76. The van der Waals surface area contributed by atoms with Crippen molar-refractivity contribution in [3.8, 4) is 0 Å². The van der Waals surface area contributed by atoms with Gasteiger partial charge in [-0.2, -0.15) is 4.31 Å². The van der Waals surface area contributed by atoms with Crippen LogP contribution in [0.2, 0.25) is 0 Å². The lowest BCUT2D eigenvalue weighted by atomic mass is 10.1. The van der Waals surface area contributed by atoms with E-state index in [0.29, 0.717) is 17.7 Å². The Morgan fingerprint density at radius 2 is 1.58 bits per heavy atom. The molecule has 0 bridgehead atoms. The molecule has 1 saturated heterocycles.